The van der Waals surface area contributed by atoms with Gasteiger partial charge in [-0.2, -0.15) is 5.10 Å². The normalized spacial score (nSPS) is 12.5. The molecule has 0 aliphatic carbocycles. The zero-order valence-electron chi connectivity index (χ0n) is 35.3. The van der Waals surface area contributed by atoms with Crippen molar-refractivity contribution in [2.24, 2.45) is 0 Å². The molecule has 0 saturated heterocycles. The number of anilines is 1. The SMILES string of the molecule is CCc1cc(OCOCC[Si](C)(C)C)c(F)cc1-c1ccc2c(-c3nc(CNc4ccccn4)cn3COCC[Si](C)(C)C)nn(COCC[Si](C)(C)C)c2c1. The third-order valence-corrected chi connectivity index (χ3v) is 14.6. The Kier molecular flexibility index (Phi) is 14.9. The van der Waals surface area contributed by atoms with Gasteiger partial charge in [-0.05, 0) is 77.6 Å². The van der Waals surface area contributed by atoms with Crippen LogP contribution in [0.25, 0.3) is 33.5 Å². The highest BCUT2D eigenvalue weighted by Gasteiger charge is 2.22. The van der Waals surface area contributed by atoms with Crippen LogP contribution in [0, 0.1) is 5.82 Å². The van der Waals surface area contributed by atoms with E-state index in [1.165, 1.54) is 0 Å². The molecule has 0 spiro atoms. The molecule has 3 heterocycles. The zero-order valence-corrected chi connectivity index (χ0v) is 38.3. The third-order valence-electron chi connectivity index (χ3n) is 9.49. The lowest BCUT2D eigenvalue weighted by atomic mass is 9.96. The van der Waals surface area contributed by atoms with E-state index in [-0.39, 0.29) is 19.3 Å². The first-order chi connectivity index (χ1) is 26.5. The van der Waals surface area contributed by atoms with Crippen molar-refractivity contribution < 1.29 is 23.3 Å². The Bertz CT molecular complexity index is 2020. The van der Waals surface area contributed by atoms with Gasteiger partial charge in [0, 0.05) is 61.8 Å². The molecule has 0 aliphatic rings. The quantitative estimate of drug-likeness (QED) is 0.0419. The summed E-state index contributed by atoms with van der Waals surface area (Å²) in [6.45, 7) is 26.2. The molecule has 0 saturated carbocycles. The van der Waals surface area contributed by atoms with Crippen molar-refractivity contribution >= 4 is 40.9 Å². The summed E-state index contributed by atoms with van der Waals surface area (Å²) in [6, 6.07) is 18.5. The van der Waals surface area contributed by atoms with Crippen LogP contribution in [0.4, 0.5) is 10.2 Å². The smallest absolute Gasteiger partial charge is 0.189 e. The lowest BCUT2D eigenvalue weighted by Gasteiger charge is -2.16. The monoisotopic (exact) mass is 818 g/mol. The van der Waals surface area contributed by atoms with E-state index in [0.29, 0.717) is 45.3 Å². The number of rotatable bonds is 22. The molecule has 0 radical (unpaired) electrons. The summed E-state index contributed by atoms with van der Waals surface area (Å²) in [6.07, 6.45) is 4.50. The van der Waals surface area contributed by atoms with Gasteiger partial charge in [0.2, 0.25) is 0 Å². The number of benzene rings is 2. The molecule has 0 fully saturated rings. The topological polar surface area (TPSA) is 97.5 Å². The maximum absolute atomic E-state index is 15.6. The highest BCUT2D eigenvalue weighted by Crippen LogP contribution is 2.35. The second kappa shape index (κ2) is 19.2. The number of nitrogens with zero attached hydrogens (tertiary/aromatic N) is 5. The second-order valence-corrected chi connectivity index (χ2v) is 35.0. The van der Waals surface area contributed by atoms with Gasteiger partial charge in [0.15, 0.2) is 24.2 Å². The van der Waals surface area contributed by atoms with Gasteiger partial charge in [-0.3, -0.25) is 0 Å². The highest BCUT2D eigenvalue weighted by atomic mass is 28.3. The number of aromatic nitrogens is 5. The molecule has 10 nitrogen and oxygen atoms in total. The van der Waals surface area contributed by atoms with Crippen molar-refractivity contribution in [3.05, 3.63) is 78.0 Å². The lowest BCUT2D eigenvalue weighted by Crippen LogP contribution is -2.22. The first kappa shape index (κ1) is 43.5. The minimum absolute atomic E-state index is 0.0234. The Morgan fingerprint density at radius 2 is 1.46 bits per heavy atom. The molecule has 5 rings (SSSR count). The maximum Gasteiger partial charge on any atom is 0.189 e. The van der Waals surface area contributed by atoms with Crippen LogP contribution in [0.3, 0.4) is 0 Å². The standard InChI is InChI=1S/C42H63FN6O4Si3/c1-11-32-25-39(53-31-52-20-23-56(8,9)10)37(43)26-36(32)33-15-16-35-38(24-33)49(30-51-19-22-55(5,6)7)47-41(35)42-46-34(27-45-40-14-12-13-17-44-40)28-48(42)29-50-18-21-54(2,3)4/h12-17,24-26,28H,11,18-23,27,29-31H2,1-10H3,(H,44,45). The summed E-state index contributed by atoms with van der Waals surface area (Å²) in [7, 11) is -3.80. The zero-order chi connectivity index (χ0) is 40.5. The summed E-state index contributed by atoms with van der Waals surface area (Å²) in [5.41, 5.74) is 5.14. The van der Waals surface area contributed by atoms with Gasteiger partial charge in [-0.15, -0.1) is 0 Å². The van der Waals surface area contributed by atoms with Crippen molar-refractivity contribution in [1.29, 1.82) is 0 Å². The average Bonchev–Trinajstić information content (AvgIpc) is 3.71. The van der Waals surface area contributed by atoms with E-state index in [1.807, 2.05) is 39.7 Å². The number of nitrogens with one attached hydrogen (secondary N) is 1. The molecule has 0 unspecified atom stereocenters. The molecule has 0 atom stereocenters. The van der Waals surface area contributed by atoms with Crippen molar-refractivity contribution in [2.75, 3.05) is 31.9 Å². The molecule has 304 valence electrons. The molecule has 5 aromatic rings. The molecule has 1 N–H and O–H groups in total. The minimum atomic E-state index is -1.30. The highest BCUT2D eigenvalue weighted by molar-refractivity contribution is 6.76. The van der Waals surface area contributed by atoms with E-state index in [0.717, 1.165) is 62.9 Å². The lowest BCUT2D eigenvalue weighted by molar-refractivity contribution is 0.0197. The van der Waals surface area contributed by atoms with Crippen molar-refractivity contribution in [2.45, 2.75) is 110 Å². The molecule has 3 aromatic heterocycles. The number of fused-ring (bicyclic) bond motifs is 1. The summed E-state index contributed by atoms with van der Waals surface area (Å²) in [5.74, 6) is 1.28. The fraction of sp³-hybridized carbons (Fsp3) is 0.500. The number of halogens is 1. The molecule has 56 heavy (non-hydrogen) atoms. The fourth-order valence-electron chi connectivity index (χ4n) is 5.98. The number of hydrogen-bond donors (Lipinski definition) is 1. The largest absolute Gasteiger partial charge is 0.464 e. The van der Waals surface area contributed by atoms with E-state index in [9.17, 15) is 0 Å². The Morgan fingerprint density at radius 3 is 2.11 bits per heavy atom. The number of ether oxygens (including phenoxy) is 4. The van der Waals surface area contributed by atoms with Gasteiger partial charge in [0.1, 0.15) is 25.0 Å². The van der Waals surface area contributed by atoms with Crippen LogP contribution in [0.15, 0.2) is 60.9 Å². The summed E-state index contributed by atoms with van der Waals surface area (Å²) < 4.78 is 43.6. The first-order valence-corrected chi connectivity index (χ1v) is 31.0. The summed E-state index contributed by atoms with van der Waals surface area (Å²) in [5, 5.41) is 9.47. The van der Waals surface area contributed by atoms with Crippen LogP contribution in [-0.2, 0) is 40.6 Å². The van der Waals surface area contributed by atoms with Crippen molar-refractivity contribution in [3.8, 4) is 28.4 Å². The van der Waals surface area contributed by atoms with Crippen molar-refractivity contribution in [3.63, 3.8) is 0 Å². The van der Waals surface area contributed by atoms with Crippen molar-refractivity contribution in [1.82, 2.24) is 24.3 Å². The summed E-state index contributed by atoms with van der Waals surface area (Å²) >= 11 is 0. The van der Waals surface area contributed by atoms with Crippen LogP contribution in [0.2, 0.25) is 77.1 Å². The Labute approximate surface area is 336 Å². The van der Waals surface area contributed by atoms with Gasteiger partial charge >= 0.3 is 0 Å². The number of imidazole rings is 1. The Morgan fingerprint density at radius 1 is 0.786 bits per heavy atom. The Hall–Kier alpha value is -3.67. The second-order valence-electron chi connectivity index (χ2n) is 18.1. The molecule has 0 bridgehead atoms. The van der Waals surface area contributed by atoms with Crippen LogP contribution in [-0.4, -0.2) is 75.2 Å². The van der Waals surface area contributed by atoms with Gasteiger partial charge in [-0.1, -0.05) is 78.0 Å². The van der Waals surface area contributed by atoms with Crippen LogP contribution >= 0.6 is 0 Å². The van der Waals surface area contributed by atoms with E-state index in [2.05, 4.69) is 88.3 Å². The third kappa shape index (κ3) is 12.9. The molecule has 2 aromatic carbocycles. The minimum Gasteiger partial charge on any atom is -0.464 e. The van der Waals surface area contributed by atoms with E-state index < -0.39 is 30.0 Å². The van der Waals surface area contributed by atoms with E-state index >= 15 is 4.39 Å². The Balaban J connectivity index is 1.49. The molecule has 0 amide bonds. The average molecular weight is 819 g/mol. The first-order valence-electron chi connectivity index (χ1n) is 19.9. The van der Waals surface area contributed by atoms with E-state index in [1.54, 1.807) is 18.3 Å². The van der Waals surface area contributed by atoms with E-state index in [4.69, 9.17) is 29.0 Å². The molecule has 0 aliphatic heterocycles. The number of pyridine rings is 1. The van der Waals surface area contributed by atoms with Gasteiger partial charge in [0.05, 0.1) is 17.8 Å². The molecular formula is C42H63FN6O4Si3. The van der Waals surface area contributed by atoms with Crippen LogP contribution in [0.1, 0.15) is 18.2 Å². The number of aryl methyl sites for hydroxylation is 1. The predicted octanol–water partition coefficient (Wildman–Crippen LogP) is 10.6. The van der Waals surface area contributed by atoms with Gasteiger partial charge < -0.3 is 28.8 Å². The molecule has 14 heteroatoms. The van der Waals surface area contributed by atoms with Gasteiger partial charge in [-0.25, -0.2) is 19.0 Å². The number of hydrogen-bond acceptors (Lipinski definition) is 8. The van der Waals surface area contributed by atoms with Gasteiger partial charge in [0.25, 0.3) is 0 Å². The molecular weight excluding hydrogens is 756 g/mol. The summed E-state index contributed by atoms with van der Waals surface area (Å²) in [4.78, 5) is 9.52. The van der Waals surface area contributed by atoms with Crippen LogP contribution < -0.4 is 10.1 Å². The fourth-order valence-corrected chi connectivity index (χ4v) is 8.25. The van der Waals surface area contributed by atoms with Crippen LogP contribution in [0.5, 0.6) is 5.75 Å². The maximum atomic E-state index is 15.6. The predicted molar refractivity (Wildman–Crippen MR) is 235 cm³/mol.